The first-order chi connectivity index (χ1) is 11.4. The lowest BCUT2D eigenvalue weighted by Crippen LogP contribution is -2.12. The van der Waals surface area contributed by atoms with E-state index in [1.165, 1.54) is 0 Å². The molecule has 0 unspecified atom stereocenters. The number of hydrogen-bond donors (Lipinski definition) is 1. The van der Waals surface area contributed by atoms with Crippen molar-refractivity contribution in [1.82, 2.24) is 0 Å². The van der Waals surface area contributed by atoms with Gasteiger partial charge in [-0.15, -0.1) is 0 Å². The monoisotopic (exact) mass is 429 g/mol. The zero-order valence-electron chi connectivity index (χ0n) is 13.4. The normalized spacial score (nSPS) is 10.8. The lowest BCUT2D eigenvalue weighted by molar-refractivity contribution is 0.102. The third-order valence-corrected chi connectivity index (χ3v) is 4.68. The summed E-state index contributed by atoms with van der Waals surface area (Å²) in [5, 5.41) is 3.63. The first-order valence-corrected chi connectivity index (χ1v) is 9.10. The molecule has 0 fully saturated rings. The number of rotatable bonds is 6. The van der Waals surface area contributed by atoms with Crippen molar-refractivity contribution in [1.29, 1.82) is 0 Å². The van der Waals surface area contributed by atoms with Crippen LogP contribution in [0.15, 0.2) is 40.9 Å². The van der Waals surface area contributed by atoms with Gasteiger partial charge in [0, 0.05) is 11.3 Å². The van der Waals surface area contributed by atoms with Crippen molar-refractivity contribution in [3.05, 3.63) is 56.5 Å². The highest BCUT2D eigenvalue weighted by atomic mass is 79.9. The number of carbonyl (C=O) groups excluding carboxylic acids is 1. The SMILES string of the molecule is CC(C)CCOc1ccc(C(=O)Nc2ccc(Cl)c(Cl)c2)cc1Br. The summed E-state index contributed by atoms with van der Waals surface area (Å²) in [5.41, 5.74) is 1.10. The average molecular weight is 431 g/mol. The Morgan fingerprint density at radius 2 is 1.92 bits per heavy atom. The second-order valence-electron chi connectivity index (χ2n) is 5.76. The van der Waals surface area contributed by atoms with Crippen LogP contribution in [0.1, 0.15) is 30.6 Å². The molecule has 3 nitrogen and oxygen atoms in total. The second kappa shape index (κ2) is 8.75. The summed E-state index contributed by atoms with van der Waals surface area (Å²) < 4.78 is 6.46. The number of carbonyl (C=O) groups is 1. The molecule has 0 heterocycles. The summed E-state index contributed by atoms with van der Waals surface area (Å²) >= 11 is 15.3. The Labute approximate surface area is 160 Å². The van der Waals surface area contributed by atoms with Crippen molar-refractivity contribution in [2.45, 2.75) is 20.3 Å². The molecule has 1 amide bonds. The number of nitrogens with one attached hydrogen (secondary N) is 1. The van der Waals surface area contributed by atoms with Gasteiger partial charge in [0.05, 0.1) is 21.1 Å². The maximum absolute atomic E-state index is 12.3. The van der Waals surface area contributed by atoms with E-state index in [9.17, 15) is 4.79 Å². The van der Waals surface area contributed by atoms with Crippen molar-refractivity contribution in [2.24, 2.45) is 5.92 Å². The average Bonchev–Trinajstić information content (AvgIpc) is 2.52. The van der Waals surface area contributed by atoms with Crippen LogP contribution >= 0.6 is 39.1 Å². The summed E-state index contributed by atoms with van der Waals surface area (Å²) in [6.07, 6.45) is 0.978. The maximum atomic E-state index is 12.3. The fraction of sp³-hybridized carbons (Fsp3) is 0.278. The lowest BCUT2D eigenvalue weighted by Gasteiger charge is -2.11. The van der Waals surface area contributed by atoms with E-state index >= 15 is 0 Å². The van der Waals surface area contributed by atoms with Crippen molar-refractivity contribution in [3.8, 4) is 5.75 Å². The molecule has 0 bridgehead atoms. The van der Waals surface area contributed by atoms with E-state index in [4.69, 9.17) is 27.9 Å². The van der Waals surface area contributed by atoms with Gasteiger partial charge in [-0.3, -0.25) is 4.79 Å². The third-order valence-electron chi connectivity index (χ3n) is 3.32. The van der Waals surface area contributed by atoms with Crippen molar-refractivity contribution in [2.75, 3.05) is 11.9 Å². The Hall–Kier alpha value is -1.23. The lowest BCUT2D eigenvalue weighted by atomic mass is 10.1. The van der Waals surface area contributed by atoms with Gasteiger partial charge in [-0.1, -0.05) is 37.0 Å². The van der Waals surface area contributed by atoms with Gasteiger partial charge in [-0.2, -0.15) is 0 Å². The van der Waals surface area contributed by atoms with E-state index < -0.39 is 0 Å². The van der Waals surface area contributed by atoms with Crippen LogP contribution < -0.4 is 10.1 Å². The van der Waals surface area contributed by atoms with Gasteiger partial charge in [0.2, 0.25) is 0 Å². The number of hydrogen-bond acceptors (Lipinski definition) is 2. The molecule has 2 aromatic carbocycles. The van der Waals surface area contributed by atoms with E-state index in [0.717, 1.165) is 16.6 Å². The van der Waals surface area contributed by atoms with E-state index in [0.29, 0.717) is 33.8 Å². The fourth-order valence-corrected chi connectivity index (χ4v) is 2.73. The number of anilines is 1. The molecule has 0 atom stereocenters. The number of benzene rings is 2. The predicted molar refractivity (Wildman–Crippen MR) is 104 cm³/mol. The minimum Gasteiger partial charge on any atom is -0.492 e. The summed E-state index contributed by atoms with van der Waals surface area (Å²) in [7, 11) is 0. The van der Waals surface area contributed by atoms with Gasteiger partial charge >= 0.3 is 0 Å². The van der Waals surface area contributed by atoms with Crippen LogP contribution in [0.25, 0.3) is 0 Å². The smallest absolute Gasteiger partial charge is 0.255 e. The molecule has 1 N–H and O–H groups in total. The Kier molecular flexibility index (Phi) is 6.96. The molecule has 6 heteroatoms. The van der Waals surface area contributed by atoms with Crippen molar-refractivity contribution >= 4 is 50.7 Å². The van der Waals surface area contributed by atoms with Crippen molar-refractivity contribution in [3.63, 3.8) is 0 Å². The first kappa shape index (κ1) is 19.1. The highest BCUT2D eigenvalue weighted by Crippen LogP contribution is 2.28. The van der Waals surface area contributed by atoms with Gasteiger partial charge < -0.3 is 10.1 Å². The van der Waals surface area contributed by atoms with E-state index in [2.05, 4.69) is 35.1 Å². The Morgan fingerprint density at radius 3 is 2.54 bits per heavy atom. The molecule has 0 aromatic heterocycles. The van der Waals surface area contributed by atoms with E-state index in [-0.39, 0.29) is 5.91 Å². The molecule has 0 spiro atoms. The van der Waals surface area contributed by atoms with Crippen LogP contribution in [0.3, 0.4) is 0 Å². The quantitative estimate of drug-likeness (QED) is 0.572. The minimum atomic E-state index is -0.234. The van der Waals surface area contributed by atoms with Gasteiger partial charge in [0.1, 0.15) is 5.75 Å². The van der Waals surface area contributed by atoms with Crippen LogP contribution in [0, 0.1) is 5.92 Å². The molecule has 24 heavy (non-hydrogen) atoms. The molecule has 0 saturated carbocycles. The van der Waals surface area contributed by atoms with Crippen LogP contribution in [0.2, 0.25) is 10.0 Å². The summed E-state index contributed by atoms with van der Waals surface area (Å²) in [5.74, 6) is 1.07. The molecular weight excluding hydrogens is 413 g/mol. The van der Waals surface area contributed by atoms with Crippen LogP contribution in [-0.4, -0.2) is 12.5 Å². The van der Waals surface area contributed by atoms with Crippen molar-refractivity contribution < 1.29 is 9.53 Å². The van der Waals surface area contributed by atoms with Crippen LogP contribution in [0.4, 0.5) is 5.69 Å². The molecule has 0 radical (unpaired) electrons. The van der Waals surface area contributed by atoms with Gasteiger partial charge in [-0.05, 0) is 64.7 Å². The summed E-state index contributed by atoms with van der Waals surface area (Å²) in [6.45, 7) is 4.94. The van der Waals surface area contributed by atoms with Gasteiger partial charge in [-0.25, -0.2) is 0 Å². The zero-order valence-corrected chi connectivity index (χ0v) is 16.5. The maximum Gasteiger partial charge on any atom is 0.255 e. The number of ether oxygens (including phenoxy) is 1. The highest BCUT2D eigenvalue weighted by molar-refractivity contribution is 9.10. The number of amides is 1. The molecule has 2 aromatic rings. The fourth-order valence-electron chi connectivity index (χ4n) is 1.94. The molecule has 2 rings (SSSR count). The Bertz CT molecular complexity index is 735. The van der Waals surface area contributed by atoms with Crippen LogP contribution in [-0.2, 0) is 0 Å². The Morgan fingerprint density at radius 1 is 1.17 bits per heavy atom. The molecule has 0 aliphatic carbocycles. The second-order valence-corrected chi connectivity index (χ2v) is 7.43. The van der Waals surface area contributed by atoms with Gasteiger partial charge in [0.15, 0.2) is 0 Å². The predicted octanol–water partition coefficient (Wildman–Crippen LogP) is 6.43. The zero-order chi connectivity index (χ0) is 17.7. The first-order valence-electron chi connectivity index (χ1n) is 7.55. The molecule has 0 aliphatic rings. The topological polar surface area (TPSA) is 38.3 Å². The third kappa shape index (κ3) is 5.40. The summed E-state index contributed by atoms with van der Waals surface area (Å²) in [6, 6.07) is 10.2. The van der Waals surface area contributed by atoms with Gasteiger partial charge in [0.25, 0.3) is 5.91 Å². The molecule has 128 valence electrons. The molecular formula is C18H18BrCl2NO2. The van der Waals surface area contributed by atoms with E-state index in [1.807, 2.05) is 0 Å². The minimum absolute atomic E-state index is 0.234. The van der Waals surface area contributed by atoms with Crippen LogP contribution in [0.5, 0.6) is 5.75 Å². The highest BCUT2D eigenvalue weighted by Gasteiger charge is 2.11. The molecule has 0 aliphatic heterocycles. The largest absolute Gasteiger partial charge is 0.492 e. The summed E-state index contributed by atoms with van der Waals surface area (Å²) in [4.78, 5) is 12.3. The van der Waals surface area contributed by atoms with E-state index in [1.54, 1.807) is 36.4 Å². The number of halogens is 3. The molecule has 0 saturated heterocycles. The standard InChI is InChI=1S/C18H18BrCl2NO2/c1-11(2)7-8-24-17-6-3-12(9-14(17)19)18(23)22-13-4-5-15(20)16(21)10-13/h3-6,9-11H,7-8H2,1-2H3,(H,22,23). The Balaban J connectivity index is 2.04.